The van der Waals surface area contributed by atoms with Gasteiger partial charge in [-0.1, -0.05) is 13.8 Å². The van der Waals surface area contributed by atoms with Crippen LogP contribution in [0.1, 0.15) is 20.3 Å². The summed E-state index contributed by atoms with van der Waals surface area (Å²) in [6.07, 6.45) is -1.51. The first-order valence-corrected chi connectivity index (χ1v) is 4.34. The quantitative estimate of drug-likeness (QED) is 0.658. The Balaban J connectivity index is 4.27. The molecule has 76 valence electrons. The summed E-state index contributed by atoms with van der Waals surface area (Å²) < 4.78 is 0. The number of carboxylic acids is 1. The van der Waals surface area contributed by atoms with Crippen LogP contribution in [-0.4, -0.2) is 27.5 Å². The van der Waals surface area contributed by atoms with Crippen LogP contribution in [0.3, 0.4) is 0 Å². The fourth-order valence-corrected chi connectivity index (χ4v) is 1.08. The second-order valence-corrected chi connectivity index (χ2v) is 3.62. The first-order chi connectivity index (χ1) is 5.86. The van der Waals surface area contributed by atoms with Gasteiger partial charge in [-0.25, -0.2) is 0 Å². The summed E-state index contributed by atoms with van der Waals surface area (Å²) in [6.45, 7) is 3.43. The molecule has 0 aliphatic heterocycles. The van der Waals surface area contributed by atoms with Gasteiger partial charge in [0.2, 0.25) is 5.24 Å². The van der Waals surface area contributed by atoms with Crippen LogP contribution >= 0.6 is 11.6 Å². The van der Waals surface area contributed by atoms with Crippen LogP contribution in [0.5, 0.6) is 0 Å². The molecule has 4 nitrogen and oxygen atoms in total. The van der Waals surface area contributed by atoms with Gasteiger partial charge in [0.05, 0.1) is 5.92 Å². The third-order valence-electron chi connectivity index (χ3n) is 1.86. The van der Waals surface area contributed by atoms with Crippen LogP contribution in [0.15, 0.2) is 0 Å². The molecule has 0 fully saturated rings. The molecule has 0 saturated carbocycles. The minimum atomic E-state index is -1.38. The second kappa shape index (κ2) is 5.19. The summed E-state index contributed by atoms with van der Waals surface area (Å²) in [5.74, 6) is -1.90. The number of hydrogen-bond donors (Lipinski definition) is 2. The summed E-state index contributed by atoms with van der Waals surface area (Å²) in [6, 6.07) is 0. The molecule has 0 rings (SSSR count). The highest BCUT2D eigenvalue weighted by Crippen LogP contribution is 2.18. The molecule has 2 atom stereocenters. The fourth-order valence-electron chi connectivity index (χ4n) is 0.991. The molecule has 1 unspecified atom stereocenters. The lowest BCUT2D eigenvalue weighted by Gasteiger charge is -2.17. The molecule has 0 aromatic carbocycles. The highest BCUT2D eigenvalue weighted by Gasteiger charge is 2.27. The van der Waals surface area contributed by atoms with Crippen LogP contribution in [0, 0.1) is 11.8 Å². The number of rotatable bonds is 5. The number of aliphatic carboxylic acids is 1. The SMILES string of the molecule is CC(C)[C@H](CC(O)C(=O)Cl)C(=O)O. The molecule has 0 aromatic heterocycles. The number of halogens is 1. The predicted octanol–water partition coefficient (Wildman–Crippen LogP) is 0.860. The van der Waals surface area contributed by atoms with E-state index in [9.17, 15) is 9.59 Å². The molecule has 0 saturated heterocycles. The molecule has 0 amide bonds. The first kappa shape index (κ1) is 12.4. The van der Waals surface area contributed by atoms with E-state index in [1.165, 1.54) is 0 Å². The Morgan fingerprint density at radius 3 is 2.08 bits per heavy atom. The molecule has 0 radical (unpaired) electrons. The summed E-state index contributed by atoms with van der Waals surface area (Å²) in [7, 11) is 0. The lowest BCUT2D eigenvalue weighted by Crippen LogP contribution is -2.27. The molecular formula is C8H13ClO4. The fraction of sp³-hybridized carbons (Fsp3) is 0.750. The van der Waals surface area contributed by atoms with E-state index in [1.54, 1.807) is 13.8 Å². The van der Waals surface area contributed by atoms with Gasteiger partial charge in [-0.05, 0) is 23.9 Å². The van der Waals surface area contributed by atoms with Gasteiger partial charge in [0, 0.05) is 0 Å². The van der Waals surface area contributed by atoms with E-state index < -0.39 is 23.2 Å². The van der Waals surface area contributed by atoms with Gasteiger partial charge in [0.1, 0.15) is 6.10 Å². The number of carboxylic acid groups (broad SMARTS) is 1. The molecule has 5 heteroatoms. The molecule has 0 aliphatic rings. The smallest absolute Gasteiger partial charge is 0.306 e. The zero-order valence-electron chi connectivity index (χ0n) is 7.53. The van der Waals surface area contributed by atoms with Crippen molar-refractivity contribution in [1.29, 1.82) is 0 Å². The Morgan fingerprint density at radius 1 is 1.38 bits per heavy atom. The van der Waals surface area contributed by atoms with E-state index in [1.807, 2.05) is 0 Å². The first-order valence-electron chi connectivity index (χ1n) is 3.96. The van der Waals surface area contributed by atoms with Crippen LogP contribution in [0.25, 0.3) is 0 Å². The van der Waals surface area contributed by atoms with E-state index in [4.69, 9.17) is 21.8 Å². The number of hydrogen-bond acceptors (Lipinski definition) is 3. The molecule has 0 aliphatic carbocycles. The van der Waals surface area contributed by atoms with E-state index >= 15 is 0 Å². The van der Waals surface area contributed by atoms with E-state index in [0.717, 1.165) is 0 Å². The minimum absolute atomic E-state index is 0.130. The lowest BCUT2D eigenvalue weighted by molar-refractivity contribution is -0.144. The van der Waals surface area contributed by atoms with Crippen molar-refractivity contribution in [3.63, 3.8) is 0 Å². The molecule has 0 spiro atoms. The normalized spacial score (nSPS) is 15.5. The van der Waals surface area contributed by atoms with E-state index in [0.29, 0.717) is 0 Å². The van der Waals surface area contributed by atoms with Crippen molar-refractivity contribution in [3.8, 4) is 0 Å². The van der Waals surface area contributed by atoms with Crippen molar-refractivity contribution in [2.75, 3.05) is 0 Å². The maximum Gasteiger partial charge on any atom is 0.306 e. The third kappa shape index (κ3) is 4.24. The Morgan fingerprint density at radius 2 is 1.85 bits per heavy atom. The van der Waals surface area contributed by atoms with Gasteiger partial charge in [-0.2, -0.15) is 0 Å². The third-order valence-corrected chi connectivity index (χ3v) is 2.11. The lowest BCUT2D eigenvalue weighted by atomic mass is 9.90. The van der Waals surface area contributed by atoms with Crippen LogP contribution in [-0.2, 0) is 9.59 Å². The number of carbonyl (C=O) groups is 2. The summed E-state index contributed by atoms with van der Waals surface area (Å²) >= 11 is 5.00. The van der Waals surface area contributed by atoms with Crippen LogP contribution < -0.4 is 0 Å². The number of aliphatic hydroxyl groups is 1. The Hall–Kier alpha value is -0.610. The van der Waals surface area contributed by atoms with Gasteiger partial charge in [0.15, 0.2) is 0 Å². The van der Waals surface area contributed by atoms with E-state index in [-0.39, 0.29) is 12.3 Å². The highest BCUT2D eigenvalue weighted by molar-refractivity contribution is 6.64. The minimum Gasteiger partial charge on any atom is -0.481 e. The van der Waals surface area contributed by atoms with Crippen molar-refractivity contribution in [2.24, 2.45) is 11.8 Å². The maximum absolute atomic E-state index is 10.6. The zero-order chi connectivity index (χ0) is 10.6. The monoisotopic (exact) mass is 208 g/mol. The van der Waals surface area contributed by atoms with Gasteiger partial charge in [-0.3, -0.25) is 9.59 Å². The molecule has 0 bridgehead atoms. The predicted molar refractivity (Wildman–Crippen MR) is 47.4 cm³/mol. The summed E-state index contributed by atoms with van der Waals surface area (Å²) in [5, 5.41) is 16.8. The summed E-state index contributed by atoms with van der Waals surface area (Å²) in [4.78, 5) is 21.1. The van der Waals surface area contributed by atoms with Crippen molar-refractivity contribution in [1.82, 2.24) is 0 Å². The molecule has 13 heavy (non-hydrogen) atoms. The Kier molecular flexibility index (Phi) is 4.95. The molecular weight excluding hydrogens is 196 g/mol. The van der Waals surface area contributed by atoms with Gasteiger partial charge in [-0.15, -0.1) is 0 Å². The standard InChI is InChI=1S/C8H13ClO4/c1-4(2)5(8(12)13)3-6(10)7(9)11/h4-6,10H,3H2,1-2H3,(H,12,13)/t5-,6?/m0/s1. The van der Waals surface area contributed by atoms with Gasteiger partial charge in [0.25, 0.3) is 0 Å². The van der Waals surface area contributed by atoms with Crippen molar-refractivity contribution in [3.05, 3.63) is 0 Å². The van der Waals surface area contributed by atoms with Crippen LogP contribution in [0.2, 0.25) is 0 Å². The zero-order valence-corrected chi connectivity index (χ0v) is 8.28. The number of carbonyl (C=O) groups excluding carboxylic acids is 1. The Bertz CT molecular complexity index is 202. The van der Waals surface area contributed by atoms with Gasteiger partial charge >= 0.3 is 5.97 Å². The average Bonchev–Trinajstić information content (AvgIpc) is 1.97. The van der Waals surface area contributed by atoms with E-state index in [2.05, 4.69) is 0 Å². The average molecular weight is 209 g/mol. The largest absolute Gasteiger partial charge is 0.481 e. The van der Waals surface area contributed by atoms with Crippen molar-refractivity contribution in [2.45, 2.75) is 26.4 Å². The maximum atomic E-state index is 10.6. The van der Waals surface area contributed by atoms with Gasteiger partial charge < -0.3 is 10.2 Å². The van der Waals surface area contributed by atoms with Crippen molar-refractivity contribution >= 4 is 22.8 Å². The molecule has 2 N–H and O–H groups in total. The molecule has 0 aromatic rings. The summed E-state index contributed by atoms with van der Waals surface area (Å²) in [5.41, 5.74) is 0. The molecule has 0 heterocycles. The number of aliphatic hydroxyl groups excluding tert-OH is 1. The van der Waals surface area contributed by atoms with Crippen LogP contribution in [0.4, 0.5) is 0 Å². The topological polar surface area (TPSA) is 74.6 Å². The van der Waals surface area contributed by atoms with Crippen molar-refractivity contribution < 1.29 is 19.8 Å². The second-order valence-electron chi connectivity index (χ2n) is 3.24. The highest BCUT2D eigenvalue weighted by atomic mass is 35.5. The Labute approximate surface area is 81.5 Å².